The van der Waals surface area contributed by atoms with Gasteiger partial charge in [0.05, 0.1) is 5.02 Å². The van der Waals surface area contributed by atoms with Crippen LogP contribution in [0.3, 0.4) is 0 Å². The molecule has 7 heteroatoms. The van der Waals surface area contributed by atoms with Gasteiger partial charge in [0.2, 0.25) is 11.8 Å². The van der Waals surface area contributed by atoms with Gasteiger partial charge in [-0.3, -0.25) is 0 Å². The molecule has 1 heterocycles. The van der Waals surface area contributed by atoms with Crippen molar-refractivity contribution < 1.29 is 14.3 Å². The fourth-order valence-electron chi connectivity index (χ4n) is 1.19. The van der Waals surface area contributed by atoms with Crippen LogP contribution in [-0.4, -0.2) is 21.3 Å². The first kappa shape index (κ1) is 12.8. The van der Waals surface area contributed by atoms with Crippen molar-refractivity contribution in [3.8, 4) is 11.5 Å². The van der Waals surface area contributed by atoms with E-state index in [0.29, 0.717) is 10.6 Å². The van der Waals surface area contributed by atoms with Crippen molar-refractivity contribution in [3.05, 3.63) is 39.7 Å². The van der Waals surface area contributed by atoms with Crippen molar-refractivity contribution in [2.75, 3.05) is 0 Å². The number of halogens is 2. The minimum absolute atomic E-state index is 0.117. The van der Waals surface area contributed by atoms with E-state index in [1.807, 2.05) is 0 Å². The van der Waals surface area contributed by atoms with Gasteiger partial charge in [-0.2, -0.15) is 0 Å². The molecule has 0 aliphatic carbocycles. The fraction of sp³-hybridized carbons (Fsp3) is 0. The second-order valence-corrected chi connectivity index (χ2v) is 4.51. The maximum atomic E-state index is 10.3. The number of benzene rings is 1. The molecule has 1 aromatic heterocycles. The highest BCUT2D eigenvalue weighted by molar-refractivity contribution is 9.10. The van der Waals surface area contributed by atoms with Crippen LogP contribution in [0, 0.1) is 0 Å². The van der Waals surface area contributed by atoms with E-state index in [0.717, 1.165) is 10.5 Å². The number of carboxylic acids is 1. The fourth-order valence-corrected chi connectivity index (χ4v) is 1.62. The highest BCUT2D eigenvalue weighted by atomic mass is 79.9. The van der Waals surface area contributed by atoms with Crippen LogP contribution in [-0.2, 0) is 4.79 Å². The highest BCUT2D eigenvalue weighted by Crippen LogP contribution is 2.28. The van der Waals surface area contributed by atoms with Crippen molar-refractivity contribution >= 4 is 39.6 Å². The quantitative estimate of drug-likeness (QED) is 0.875. The molecule has 0 amide bonds. The first-order valence-electron chi connectivity index (χ1n) is 4.76. The number of aromatic nitrogens is 2. The molecule has 0 spiro atoms. The highest BCUT2D eigenvalue weighted by Gasteiger charge is 2.08. The van der Waals surface area contributed by atoms with E-state index in [1.54, 1.807) is 18.2 Å². The third-order valence-electron chi connectivity index (χ3n) is 1.98. The molecular formula is C11H6BrClN2O3. The van der Waals surface area contributed by atoms with Crippen LogP contribution in [0.4, 0.5) is 0 Å². The largest absolute Gasteiger partial charge is 0.478 e. The van der Waals surface area contributed by atoms with Gasteiger partial charge in [0.25, 0.3) is 0 Å². The molecule has 0 aliphatic rings. The molecule has 0 aliphatic heterocycles. The maximum absolute atomic E-state index is 10.3. The van der Waals surface area contributed by atoms with Crippen LogP contribution in [0.25, 0.3) is 17.5 Å². The van der Waals surface area contributed by atoms with Gasteiger partial charge in [0.15, 0.2) is 0 Å². The summed E-state index contributed by atoms with van der Waals surface area (Å²) in [5.41, 5.74) is 0.658. The molecular weight excluding hydrogens is 323 g/mol. The van der Waals surface area contributed by atoms with Crippen LogP contribution in [0.2, 0.25) is 5.02 Å². The Bertz CT molecular complexity index is 625. The van der Waals surface area contributed by atoms with Crippen molar-refractivity contribution in [3.63, 3.8) is 0 Å². The number of rotatable bonds is 3. The standard InChI is InChI=1S/C11H6BrClN2O3/c12-7-2-1-6(5-8(7)13)11-15-14-9(18-11)3-4-10(16)17/h1-5H,(H,16,17)/b4-3+. The zero-order chi connectivity index (χ0) is 13.1. The Labute approximate surface area is 115 Å². The first-order chi connectivity index (χ1) is 8.56. The van der Waals surface area contributed by atoms with E-state index in [2.05, 4.69) is 26.1 Å². The van der Waals surface area contributed by atoms with Crippen molar-refractivity contribution in [1.29, 1.82) is 0 Å². The molecule has 5 nitrogen and oxygen atoms in total. The second-order valence-electron chi connectivity index (χ2n) is 3.25. The number of nitrogens with zero attached hydrogens (tertiary/aromatic N) is 2. The van der Waals surface area contributed by atoms with E-state index < -0.39 is 5.97 Å². The number of carbonyl (C=O) groups is 1. The van der Waals surface area contributed by atoms with E-state index in [-0.39, 0.29) is 11.8 Å². The monoisotopic (exact) mass is 328 g/mol. The molecule has 2 rings (SSSR count). The molecule has 92 valence electrons. The van der Waals surface area contributed by atoms with Crippen LogP contribution < -0.4 is 0 Å². The number of hydrogen-bond acceptors (Lipinski definition) is 4. The molecule has 0 fully saturated rings. The molecule has 0 saturated heterocycles. The Morgan fingerprint density at radius 2 is 2.22 bits per heavy atom. The summed E-state index contributed by atoms with van der Waals surface area (Å²) in [5.74, 6) is -0.692. The van der Waals surface area contributed by atoms with Crippen LogP contribution in [0.15, 0.2) is 33.2 Å². The first-order valence-corrected chi connectivity index (χ1v) is 5.93. The van der Waals surface area contributed by atoms with Crippen LogP contribution >= 0.6 is 27.5 Å². The number of carboxylic acid groups (broad SMARTS) is 1. The van der Waals surface area contributed by atoms with Gasteiger partial charge in [0.1, 0.15) is 0 Å². The third-order valence-corrected chi connectivity index (χ3v) is 3.21. The minimum Gasteiger partial charge on any atom is -0.478 e. The zero-order valence-electron chi connectivity index (χ0n) is 8.80. The van der Waals surface area contributed by atoms with Gasteiger partial charge in [0, 0.05) is 22.2 Å². The summed E-state index contributed by atoms with van der Waals surface area (Å²) in [5, 5.41) is 16.5. The molecule has 0 radical (unpaired) electrons. The number of aliphatic carboxylic acids is 1. The summed E-state index contributed by atoms with van der Waals surface area (Å²) in [6.07, 6.45) is 2.14. The van der Waals surface area contributed by atoms with Gasteiger partial charge in [-0.05, 0) is 34.1 Å². The topological polar surface area (TPSA) is 76.2 Å². The zero-order valence-corrected chi connectivity index (χ0v) is 11.1. The van der Waals surface area contributed by atoms with Crippen LogP contribution in [0.5, 0.6) is 0 Å². The molecule has 2 aromatic rings. The Kier molecular flexibility index (Phi) is 3.78. The Balaban J connectivity index is 2.29. The predicted octanol–water partition coefficient (Wildman–Crippen LogP) is 3.25. The maximum Gasteiger partial charge on any atom is 0.328 e. The van der Waals surface area contributed by atoms with Crippen molar-refractivity contribution in [1.82, 2.24) is 10.2 Å². The van der Waals surface area contributed by atoms with E-state index in [4.69, 9.17) is 21.1 Å². The Hall–Kier alpha value is -1.66. The molecule has 0 bridgehead atoms. The molecule has 0 atom stereocenters. The molecule has 0 unspecified atom stereocenters. The van der Waals surface area contributed by atoms with Gasteiger partial charge in [-0.1, -0.05) is 11.6 Å². The normalized spacial score (nSPS) is 11.0. The SMILES string of the molecule is O=C(O)/C=C/c1nnc(-c2ccc(Br)c(Cl)c2)o1. The van der Waals surface area contributed by atoms with E-state index in [9.17, 15) is 4.79 Å². The predicted molar refractivity (Wildman–Crippen MR) is 69.1 cm³/mol. The lowest BCUT2D eigenvalue weighted by molar-refractivity contribution is -0.131. The van der Waals surface area contributed by atoms with Crippen LogP contribution in [0.1, 0.15) is 5.89 Å². The summed E-state index contributed by atoms with van der Waals surface area (Å²) in [6.45, 7) is 0. The Morgan fingerprint density at radius 1 is 1.44 bits per heavy atom. The summed E-state index contributed by atoms with van der Waals surface area (Å²) < 4.78 is 6.03. The average Bonchev–Trinajstić information content (AvgIpc) is 2.79. The van der Waals surface area contributed by atoms with Gasteiger partial charge in [-0.15, -0.1) is 10.2 Å². The third kappa shape index (κ3) is 2.96. The van der Waals surface area contributed by atoms with Gasteiger partial charge >= 0.3 is 5.97 Å². The van der Waals surface area contributed by atoms with E-state index >= 15 is 0 Å². The lowest BCUT2D eigenvalue weighted by Crippen LogP contribution is -1.85. The van der Waals surface area contributed by atoms with Crippen molar-refractivity contribution in [2.24, 2.45) is 0 Å². The van der Waals surface area contributed by atoms with E-state index in [1.165, 1.54) is 6.08 Å². The smallest absolute Gasteiger partial charge is 0.328 e. The Morgan fingerprint density at radius 3 is 2.89 bits per heavy atom. The molecule has 0 saturated carbocycles. The number of hydrogen-bond donors (Lipinski definition) is 1. The molecule has 1 aromatic carbocycles. The van der Waals surface area contributed by atoms with Gasteiger partial charge < -0.3 is 9.52 Å². The minimum atomic E-state index is -1.08. The molecule has 1 N–H and O–H groups in total. The van der Waals surface area contributed by atoms with Crippen molar-refractivity contribution in [2.45, 2.75) is 0 Å². The second kappa shape index (κ2) is 5.32. The summed E-state index contributed by atoms with van der Waals surface area (Å²) in [4.78, 5) is 10.3. The summed E-state index contributed by atoms with van der Waals surface area (Å²) in [7, 11) is 0. The van der Waals surface area contributed by atoms with Gasteiger partial charge in [-0.25, -0.2) is 4.79 Å². The lowest BCUT2D eigenvalue weighted by atomic mass is 10.2. The average molecular weight is 330 g/mol. The molecule has 18 heavy (non-hydrogen) atoms. The summed E-state index contributed by atoms with van der Waals surface area (Å²) >= 11 is 9.22. The lowest BCUT2D eigenvalue weighted by Gasteiger charge is -1.97. The summed E-state index contributed by atoms with van der Waals surface area (Å²) in [6, 6.07) is 5.19.